The fraction of sp³-hybridized carbons (Fsp3) is 0.350. The maximum atomic E-state index is 13.0. The molecule has 0 aromatic heterocycles. The van der Waals surface area contributed by atoms with Gasteiger partial charge in [-0.2, -0.15) is 0 Å². The molecule has 3 nitrogen and oxygen atoms in total. The molecule has 1 aliphatic heterocycles. The SMILES string of the molecule is NC1CCC(C(=O)N2Cc3ccccc3-c3ccccc3C2)C1. The van der Waals surface area contributed by atoms with E-state index in [9.17, 15) is 4.79 Å². The lowest BCUT2D eigenvalue weighted by atomic mass is 9.97. The van der Waals surface area contributed by atoms with Crippen molar-refractivity contribution >= 4 is 5.91 Å². The predicted molar refractivity (Wildman–Crippen MR) is 91.4 cm³/mol. The van der Waals surface area contributed by atoms with E-state index in [0.29, 0.717) is 13.1 Å². The van der Waals surface area contributed by atoms with Gasteiger partial charge >= 0.3 is 0 Å². The Kier molecular flexibility index (Phi) is 3.66. The molecule has 2 aromatic rings. The summed E-state index contributed by atoms with van der Waals surface area (Å²) in [6.45, 7) is 1.38. The first-order valence-corrected chi connectivity index (χ1v) is 8.43. The van der Waals surface area contributed by atoms with Crippen molar-refractivity contribution in [3.63, 3.8) is 0 Å². The van der Waals surface area contributed by atoms with E-state index in [4.69, 9.17) is 5.73 Å². The summed E-state index contributed by atoms with van der Waals surface area (Å²) >= 11 is 0. The quantitative estimate of drug-likeness (QED) is 0.878. The highest BCUT2D eigenvalue weighted by Crippen LogP contribution is 2.34. The lowest BCUT2D eigenvalue weighted by molar-refractivity contribution is -0.136. The van der Waals surface area contributed by atoms with Crippen molar-refractivity contribution in [3.05, 3.63) is 59.7 Å². The van der Waals surface area contributed by atoms with Crippen molar-refractivity contribution in [2.24, 2.45) is 11.7 Å². The van der Waals surface area contributed by atoms with Crippen molar-refractivity contribution < 1.29 is 4.79 Å². The van der Waals surface area contributed by atoms with Crippen LogP contribution in [0.1, 0.15) is 30.4 Å². The first-order valence-electron chi connectivity index (χ1n) is 8.43. The van der Waals surface area contributed by atoms with Crippen molar-refractivity contribution in [2.75, 3.05) is 0 Å². The average molecular weight is 306 g/mol. The number of nitrogens with two attached hydrogens (primary N) is 1. The normalized spacial score (nSPS) is 23.1. The molecule has 1 heterocycles. The van der Waals surface area contributed by atoms with Gasteiger partial charge in [0.2, 0.25) is 5.91 Å². The number of hydrogen-bond donors (Lipinski definition) is 1. The van der Waals surface area contributed by atoms with Crippen molar-refractivity contribution in [1.29, 1.82) is 0 Å². The van der Waals surface area contributed by atoms with E-state index in [1.807, 2.05) is 4.90 Å². The molecule has 0 bridgehead atoms. The van der Waals surface area contributed by atoms with Gasteiger partial charge in [-0.05, 0) is 41.5 Å². The Hall–Kier alpha value is -2.13. The van der Waals surface area contributed by atoms with Crippen molar-refractivity contribution in [2.45, 2.75) is 38.4 Å². The van der Waals surface area contributed by atoms with Crippen LogP contribution >= 0.6 is 0 Å². The third kappa shape index (κ3) is 2.66. The predicted octanol–water partition coefficient (Wildman–Crippen LogP) is 3.32. The molecule has 2 atom stereocenters. The lowest BCUT2D eigenvalue weighted by Crippen LogP contribution is -2.34. The maximum Gasteiger partial charge on any atom is 0.226 e. The van der Waals surface area contributed by atoms with Gasteiger partial charge in [-0.15, -0.1) is 0 Å². The van der Waals surface area contributed by atoms with E-state index in [1.54, 1.807) is 0 Å². The summed E-state index contributed by atoms with van der Waals surface area (Å²) in [4.78, 5) is 15.0. The molecule has 1 amide bonds. The molecule has 1 aliphatic carbocycles. The van der Waals surface area contributed by atoms with Crippen LogP contribution in [0.25, 0.3) is 11.1 Å². The minimum atomic E-state index is 0.0995. The zero-order valence-corrected chi connectivity index (χ0v) is 13.2. The Morgan fingerprint density at radius 1 is 0.913 bits per heavy atom. The van der Waals surface area contributed by atoms with Gasteiger partial charge in [0.15, 0.2) is 0 Å². The number of carbonyl (C=O) groups is 1. The van der Waals surface area contributed by atoms with Crippen LogP contribution in [0.5, 0.6) is 0 Å². The molecule has 1 fully saturated rings. The molecule has 2 N–H and O–H groups in total. The molecule has 1 saturated carbocycles. The highest BCUT2D eigenvalue weighted by molar-refractivity contribution is 5.81. The van der Waals surface area contributed by atoms with Gasteiger partial charge in [-0.1, -0.05) is 48.5 Å². The highest BCUT2D eigenvalue weighted by Gasteiger charge is 2.32. The summed E-state index contributed by atoms with van der Waals surface area (Å²) in [7, 11) is 0. The highest BCUT2D eigenvalue weighted by atomic mass is 16.2. The fourth-order valence-corrected chi connectivity index (χ4v) is 3.96. The number of amides is 1. The van der Waals surface area contributed by atoms with E-state index in [0.717, 1.165) is 19.3 Å². The van der Waals surface area contributed by atoms with Crippen LogP contribution in [-0.2, 0) is 17.9 Å². The summed E-state index contributed by atoms with van der Waals surface area (Å²) in [6.07, 6.45) is 2.73. The summed E-state index contributed by atoms with van der Waals surface area (Å²) in [5.74, 6) is 0.367. The van der Waals surface area contributed by atoms with Gasteiger partial charge in [0.1, 0.15) is 0 Å². The maximum absolute atomic E-state index is 13.0. The Balaban J connectivity index is 1.71. The summed E-state index contributed by atoms with van der Waals surface area (Å²) < 4.78 is 0. The van der Waals surface area contributed by atoms with Gasteiger partial charge in [-0.25, -0.2) is 0 Å². The summed E-state index contributed by atoms with van der Waals surface area (Å²) in [6, 6.07) is 17.0. The molecule has 2 aliphatic rings. The van der Waals surface area contributed by atoms with Crippen molar-refractivity contribution in [1.82, 2.24) is 4.90 Å². The second-order valence-electron chi connectivity index (χ2n) is 6.78. The lowest BCUT2D eigenvalue weighted by Gasteiger charge is -2.25. The second-order valence-corrected chi connectivity index (χ2v) is 6.78. The van der Waals surface area contributed by atoms with Crippen LogP contribution in [0.3, 0.4) is 0 Å². The third-order valence-electron chi connectivity index (χ3n) is 5.18. The number of rotatable bonds is 1. The molecule has 3 heteroatoms. The molecule has 2 unspecified atom stereocenters. The molecule has 2 aromatic carbocycles. The fourth-order valence-electron chi connectivity index (χ4n) is 3.96. The standard InChI is InChI=1S/C20H22N2O/c21-17-10-9-14(11-17)20(23)22-12-15-5-1-3-7-18(15)19-8-4-2-6-16(19)13-22/h1-8,14,17H,9-13,21H2. The van der Waals surface area contributed by atoms with Gasteiger partial charge in [-0.3, -0.25) is 4.79 Å². The van der Waals surface area contributed by atoms with Gasteiger partial charge in [0.25, 0.3) is 0 Å². The van der Waals surface area contributed by atoms with E-state index in [-0.39, 0.29) is 17.9 Å². The van der Waals surface area contributed by atoms with Crippen LogP contribution < -0.4 is 5.73 Å². The average Bonchev–Trinajstić information content (AvgIpc) is 2.93. The van der Waals surface area contributed by atoms with Crippen LogP contribution in [0.4, 0.5) is 0 Å². The van der Waals surface area contributed by atoms with E-state index in [2.05, 4.69) is 48.5 Å². The minimum absolute atomic E-state index is 0.0995. The van der Waals surface area contributed by atoms with Gasteiger partial charge < -0.3 is 10.6 Å². The third-order valence-corrected chi connectivity index (χ3v) is 5.18. The van der Waals surface area contributed by atoms with Gasteiger partial charge in [0.05, 0.1) is 0 Å². The number of carbonyl (C=O) groups excluding carboxylic acids is 1. The summed E-state index contributed by atoms with van der Waals surface area (Å²) in [5.41, 5.74) is 11.0. The zero-order chi connectivity index (χ0) is 15.8. The Morgan fingerprint density at radius 3 is 2.00 bits per heavy atom. The molecule has 4 rings (SSSR count). The molecular weight excluding hydrogens is 284 g/mol. The van der Waals surface area contributed by atoms with Crippen molar-refractivity contribution in [3.8, 4) is 11.1 Å². The van der Waals surface area contributed by atoms with Crippen LogP contribution in [0.15, 0.2) is 48.5 Å². The van der Waals surface area contributed by atoms with Crippen LogP contribution in [-0.4, -0.2) is 16.8 Å². The molecule has 23 heavy (non-hydrogen) atoms. The first-order chi connectivity index (χ1) is 11.2. The molecule has 0 spiro atoms. The number of hydrogen-bond acceptors (Lipinski definition) is 2. The van der Waals surface area contributed by atoms with E-state index >= 15 is 0 Å². The largest absolute Gasteiger partial charge is 0.334 e. The monoisotopic (exact) mass is 306 g/mol. The van der Waals surface area contributed by atoms with E-state index in [1.165, 1.54) is 22.3 Å². The molecular formula is C20H22N2O. The van der Waals surface area contributed by atoms with Gasteiger partial charge in [0, 0.05) is 25.0 Å². The number of fused-ring (bicyclic) bond motifs is 3. The molecule has 0 saturated heterocycles. The number of benzene rings is 2. The number of nitrogens with zero attached hydrogens (tertiary/aromatic N) is 1. The topological polar surface area (TPSA) is 46.3 Å². The molecule has 0 radical (unpaired) electrons. The second kappa shape index (κ2) is 5.82. The Bertz CT molecular complexity index is 692. The van der Waals surface area contributed by atoms with E-state index < -0.39 is 0 Å². The first kappa shape index (κ1) is 14.5. The Labute approximate surface area is 137 Å². The van der Waals surface area contributed by atoms with Crippen LogP contribution in [0.2, 0.25) is 0 Å². The zero-order valence-electron chi connectivity index (χ0n) is 13.2. The summed E-state index contributed by atoms with van der Waals surface area (Å²) in [5, 5.41) is 0. The van der Waals surface area contributed by atoms with Crippen LogP contribution in [0, 0.1) is 5.92 Å². The smallest absolute Gasteiger partial charge is 0.226 e. The molecule has 118 valence electrons. The minimum Gasteiger partial charge on any atom is -0.334 e. The Morgan fingerprint density at radius 2 is 1.48 bits per heavy atom.